The maximum atomic E-state index is 12.6. The van der Waals surface area contributed by atoms with Crippen molar-refractivity contribution in [3.8, 4) is 5.75 Å². The van der Waals surface area contributed by atoms with Crippen molar-refractivity contribution in [1.82, 2.24) is 5.32 Å². The van der Waals surface area contributed by atoms with E-state index in [9.17, 15) is 9.90 Å². The quantitative estimate of drug-likeness (QED) is 0.843. The van der Waals surface area contributed by atoms with Crippen LogP contribution in [0.3, 0.4) is 0 Å². The fourth-order valence-electron chi connectivity index (χ4n) is 3.19. The minimum atomic E-state index is -0.0830. The number of hydrogen-bond acceptors (Lipinski definition) is 4. The van der Waals surface area contributed by atoms with Crippen LogP contribution in [0.2, 0.25) is 0 Å². The molecule has 0 saturated carbocycles. The summed E-state index contributed by atoms with van der Waals surface area (Å²) in [4.78, 5) is 12.6. The highest BCUT2D eigenvalue weighted by atomic mass is 35.5. The van der Waals surface area contributed by atoms with Gasteiger partial charge in [0.1, 0.15) is 5.75 Å². The van der Waals surface area contributed by atoms with Gasteiger partial charge in [-0.15, -0.1) is 12.4 Å². The molecule has 1 unspecified atom stereocenters. The van der Waals surface area contributed by atoms with Crippen LogP contribution in [0.25, 0.3) is 10.8 Å². The van der Waals surface area contributed by atoms with Gasteiger partial charge < -0.3 is 15.2 Å². The number of piperidine rings is 1. The van der Waals surface area contributed by atoms with Crippen molar-refractivity contribution >= 4 is 29.0 Å². The molecule has 2 aromatic rings. The highest BCUT2D eigenvalue weighted by Gasteiger charge is 2.22. The first-order valence-electron chi connectivity index (χ1n) is 7.70. The van der Waals surface area contributed by atoms with Crippen molar-refractivity contribution in [2.24, 2.45) is 5.92 Å². The van der Waals surface area contributed by atoms with Gasteiger partial charge >= 0.3 is 0 Å². The van der Waals surface area contributed by atoms with E-state index >= 15 is 0 Å². The number of hydrogen-bond donors (Lipinski definition) is 2. The number of carbonyl (C=O) groups excluding carboxylic acids is 1. The Hall–Kier alpha value is -1.62. The number of aliphatic hydroxyl groups excluding tert-OH is 1. The molecule has 1 aliphatic heterocycles. The number of aliphatic hydroxyl groups is 1. The average molecular weight is 336 g/mol. The summed E-state index contributed by atoms with van der Waals surface area (Å²) in [5.74, 6) is 0.947. The Bertz CT molecular complexity index is 696. The second-order valence-corrected chi connectivity index (χ2v) is 5.75. The number of ether oxygens (including phenoxy) is 1. The summed E-state index contributed by atoms with van der Waals surface area (Å²) in [5.41, 5.74) is 1.51. The summed E-state index contributed by atoms with van der Waals surface area (Å²) in [6.07, 6.45) is 2.00. The van der Waals surface area contributed by atoms with Crippen LogP contribution in [-0.2, 0) is 6.61 Å². The Labute approximate surface area is 142 Å². The first kappa shape index (κ1) is 17.7. The molecular formula is C18H22ClNO3. The van der Waals surface area contributed by atoms with Crippen LogP contribution in [0.5, 0.6) is 5.75 Å². The first-order valence-corrected chi connectivity index (χ1v) is 7.70. The van der Waals surface area contributed by atoms with E-state index in [0.29, 0.717) is 5.75 Å². The predicted octanol–water partition coefficient (Wildman–Crippen LogP) is 2.94. The lowest BCUT2D eigenvalue weighted by molar-refractivity contribution is 0.0900. The molecule has 124 valence electrons. The number of fused-ring (bicyclic) bond motifs is 1. The molecule has 0 aliphatic carbocycles. The van der Waals surface area contributed by atoms with Crippen LogP contribution in [0.1, 0.15) is 28.8 Å². The molecule has 4 nitrogen and oxygen atoms in total. The molecule has 0 amide bonds. The number of Topliss-reactive ketones (excluding diaryl/α,β-unsaturated/α-hetero) is 1. The van der Waals surface area contributed by atoms with Gasteiger partial charge in [-0.3, -0.25) is 4.79 Å². The maximum Gasteiger partial charge on any atom is 0.167 e. The number of nitrogens with one attached hydrogen (secondary N) is 1. The summed E-state index contributed by atoms with van der Waals surface area (Å²) in [6.45, 7) is 1.68. The Morgan fingerprint density at radius 3 is 2.83 bits per heavy atom. The van der Waals surface area contributed by atoms with E-state index in [1.807, 2.05) is 30.3 Å². The molecule has 0 spiro atoms. The topological polar surface area (TPSA) is 58.6 Å². The van der Waals surface area contributed by atoms with E-state index in [4.69, 9.17) is 4.74 Å². The Balaban J connectivity index is 0.00000192. The second-order valence-electron chi connectivity index (χ2n) is 5.75. The van der Waals surface area contributed by atoms with Crippen LogP contribution >= 0.6 is 12.4 Å². The predicted molar refractivity (Wildman–Crippen MR) is 93.6 cm³/mol. The molecule has 3 rings (SSSR count). The molecule has 5 heteroatoms. The molecule has 1 atom stereocenters. The molecule has 0 bridgehead atoms. The number of benzene rings is 2. The van der Waals surface area contributed by atoms with Crippen molar-refractivity contribution < 1.29 is 14.6 Å². The number of methoxy groups -OCH3 is 1. The third-order valence-corrected chi connectivity index (χ3v) is 4.42. The van der Waals surface area contributed by atoms with Gasteiger partial charge in [0.2, 0.25) is 0 Å². The van der Waals surface area contributed by atoms with Gasteiger partial charge in [-0.25, -0.2) is 0 Å². The third kappa shape index (κ3) is 3.50. The molecule has 0 radical (unpaired) electrons. The number of rotatable bonds is 4. The van der Waals surface area contributed by atoms with Gasteiger partial charge in [0.25, 0.3) is 0 Å². The van der Waals surface area contributed by atoms with Crippen LogP contribution in [-0.4, -0.2) is 31.1 Å². The third-order valence-electron chi connectivity index (χ3n) is 4.42. The van der Waals surface area contributed by atoms with E-state index in [1.165, 1.54) is 0 Å². The van der Waals surface area contributed by atoms with E-state index in [-0.39, 0.29) is 30.7 Å². The molecular weight excluding hydrogens is 314 g/mol. The fraction of sp³-hybridized carbons (Fsp3) is 0.389. The molecule has 23 heavy (non-hydrogen) atoms. The Morgan fingerprint density at radius 2 is 2.17 bits per heavy atom. The van der Waals surface area contributed by atoms with Gasteiger partial charge in [-0.2, -0.15) is 0 Å². The average Bonchev–Trinajstić information content (AvgIpc) is 2.60. The van der Waals surface area contributed by atoms with Gasteiger partial charge in [-0.1, -0.05) is 18.2 Å². The number of carbonyl (C=O) groups is 1. The van der Waals surface area contributed by atoms with E-state index < -0.39 is 0 Å². The van der Waals surface area contributed by atoms with Crippen LogP contribution < -0.4 is 10.1 Å². The zero-order valence-electron chi connectivity index (χ0n) is 13.2. The van der Waals surface area contributed by atoms with E-state index in [2.05, 4.69) is 5.32 Å². The Kier molecular flexibility index (Phi) is 5.99. The van der Waals surface area contributed by atoms with Crippen molar-refractivity contribution in [2.75, 3.05) is 20.2 Å². The molecule has 1 fully saturated rings. The van der Waals surface area contributed by atoms with Gasteiger partial charge in [-0.05, 0) is 42.3 Å². The zero-order chi connectivity index (χ0) is 15.5. The summed E-state index contributed by atoms with van der Waals surface area (Å²) in [5, 5.41) is 14.7. The molecule has 0 aromatic heterocycles. The molecule has 1 heterocycles. The van der Waals surface area contributed by atoms with Gasteiger partial charge in [0.15, 0.2) is 5.78 Å². The molecule has 1 aliphatic rings. The van der Waals surface area contributed by atoms with Crippen LogP contribution in [0.4, 0.5) is 0 Å². The lowest BCUT2D eigenvalue weighted by Gasteiger charge is -2.21. The fourth-order valence-corrected chi connectivity index (χ4v) is 3.19. The molecule has 1 saturated heterocycles. The minimum Gasteiger partial charge on any atom is -0.496 e. The monoisotopic (exact) mass is 335 g/mol. The normalized spacial score (nSPS) is 17.6. The largest absolute Gasteiger partial charge is 0.496 e. The van der Waals surface area contributed by atoms with Crippen LogP contribution in [0, 0.1) is 5.92 Å². The standard InChI is InChI=1S/C18H21NO3.ClH/c1-22-17-7-5-12-9-13(4-6-15(12)16(17)11-20)18(21)14-3-2-8-19-10-14;/h4-7,9,14,19-20H,2-3,8,10-11H2,1H3;1H. The molecule has 2 N–H and O–H groups in total. The SMILES string of the molecule is COc1ccc2cc(C(=O)C3CCCNC3)ccc2c1CO.Cl. The maximum absolute atomic E-state index is 12.6. The summed E-state index contributed by atoms with van der Waals surface area (Å²) < 4.78 is 5.28. The second kappa shape index (κ2) is 7.77. The minimum absolute atomic E-state index is 0. The summed E-state index contributed by atoms with van der Waals surface area (Å²) >= 11 is 0. The van der Waals surface area contributed by atoms with E-state index in [1.54, 1.807) is 7.11 Å². The smallest absolute Gasteiger partial charge is 0.167 e. The number of halogens is 1. The lowest BCUT2D eigenvalue weighted by Crippen LogP contribution is -2.34. The highest BCUT2D eigenvalue weighted by Crippen LogP contribution is 2.29. The van der Waals surface area contributed by atoms with E-state index in [0.717, 1.165) is 47.8 Å². The number of ketones is 1. The van der Waals surface area contributed by atoms with Crippen molar-refractivity contribution in [3.63, 3.8) is 0 Å². The van der Waals surface area contributed by atoms with Gasteiger partial charge in [0, 0.05) is 23.6 Å². The summed E-state index contributed by atoms with van der Waals surface area (Å²) in [6, 6.07) is 9.46. The van der Waals surface area contributed by atoms with Crippen LogP contribution in [0.15, 0.2) is 30.3 Å². The molecule has 2 aromatic carbocycles. The van der Waals surface area contributed by atoms with Crippen molar-refractivity contribution in [2.45, 2.75) is 19.4 Å². The van der Waals surface area contributed by atoms with Crippen molar-refractivity contribution in [1.29, 1.82) is 0 Å². The van der Waals surface area contributed by atoms with Gasteiger partial charge in [0.05, 0.1) is 13.7 Å². The zero-order valence-corrected chi connectivity index (χ0v) is 14.0. The first-order chi connectivity index (χ1) is 10.7. The Morgan fingerprint density at radius 1 is 1.35 bits per heavy atom. The lowest BCUT2D eigenvalue weighted by atomic mass is 9.89. The summed E-state index contributed by atoms with van der Waals surface area (Å²) in [7, 11) is 1.59. The van der Waals surface area contributed by atoms with Crippen molar-refractivity contribution in [3.05, 3.63) is 41.5 Å². The highest BCUT2D eigenvalue weighted by molar-refractivity contribution is 6.02.